The average molecular weight is 543 g/mol. The molecule has 3 unspecified atom stereocenters. The van der Waals surface area contributed by atoms with Gasteiger partial charge in [0.05, 0.1) is 18.8 Å². The van der Waals surface area contributed by atoms with E-state index in [-0.39, 0.29) is 24.8 Å². The minimum atomic E-state index is -0.627. The maximum Gasteiger partial charge on any atom is 0.319 e. The molecule has 9 heteroatoms. The zero-order valence-corrected chi connectivity index (χ0v) is 22.1. The van der Waals surface area contributed by atoms with Crippen LogP contribution in [-0.4, -0.2) is 33.0 Å². The summed E-state index contributed by atoms with van der Waals surface area (Å²) >= 11 is 1.54. The Morgan fingerprint density at radius 1 is 0.897 bits per heavy atom. The molecule has 1 aromatic heterocycles. The Hall–Kier alpha value is -3.76. The minimum absolute atomic E-state index is 0.00734. The topological polar surface area (TPSA) is 106 Å². The lowest BCUT2D eigenvalue weighted by molar-refractivity contribution is -0.245. The molecule has 2 amide bonds. The predicted molar refractivity (Wildman–Crippen MR) is 150 cm³/mol. The molecule has 0 radical (unpaired) electrons. The molecular formula is C30H30N4O4S. The van der Waals surface area contributed by atoms with Gasteiger partial charge in [-0.15, -0.1) is 0 Å². The van der Waals surface area contributed by atoms with Crippen molar-refractivity contribution in [3.8, 4) is 0 Å². The molecule has 39 heavy (non-hydrogen) atoms. The van der Waals surface area contributed by atoms with Crippen LogP contribution in [0.15, 0.2) is 102 Å². The fraction of sp³-hybridized carbons (Fsp3) is 0.233. The Bertz CT molecular complexity index is 1340. The Morgan fingerprint density at radius 3 is 2.46 bits per heavy atom. The van der Waals surface area contributed by atoms with Gasteiger partial charge in [-0.05, 0) is 34.9 Å². The summed E-state index contributed by atoms with van der Waals surface area (Å²) in [5.74, 6) is 0.662. The molecule has 0 aliphatic carbocycles. The highest BCUT2D eigenvalue weighted by Crippen LogP contribution is 2.39. The second kappa shape index (κ2) is 13.3. The summed E-state index contributed by atoms with van der Waals surface area (Å²) in [5.41, 5.74) is 4.33. The Labute approximate surface area is 231 Å². The second-order valence-electron chi connectivity index (χ2n) is 9.11. The van der Waals surface area contributed by atoms with E-state index in [0.717, 1.165) is 22.3 Å². The van der Waals surface area contributed by atoms with Crippen molar-refractivity contribution in [3.05, 3.63) is 120 Å². The summed E-state index contributed by atoms with van der Waals surface area (Å²) in [7, 11) is 0. The van der Waals surface area contributed by atoms with Crippen molar-refractivity contribution in [2.24, 2.45) is 0 Å². The number of urea groups is 1. The van der Waals surface area contributed by atoms with Crippen LogP contribution in [0.3, 0.4) is 0 Å². The van der Waals surface area contributed by atoms with E-state index in [2.05, 4.69) is 20.6 Å². The standard InChI is InChI=1S/C30H30N4O4S/c35-19-22-10-12-23(13-11-22)27-17-26(20-39-30-31-14-5-15-32-30)37-28(38-27)24-8-4-9-25(16-24)34-29(36)33-18-21-6-2-1-3-7-21/h1-16,26-28,35H,17-20H2,(H2,33,34,36). The fourth-order valence-corrected chi connectivity index (χ4v) is 5.09. The minimum Gasteiger partial charge on any atom is -0.392 e. The van der Waals surface area contributed by atoms with Crippen molar-refractivity contribution in [1.29, 1.82) is 0 Å². The van der Waals surface area contributed by atoms with Gasteiger partial charge in [0.15, 0.2) is 11.4 Å². The highest BCUT2D eigenvalue weighted by Gasteiger charge is 2.32. The third kappa shape index (κ3) is 7.64. The Kier molecular flexibility index (Phi) is 9.18. The lowest BCUT2D eigenvalue weighted by Crippen LogP contribution is -2.31. The van der Waals surface area contributed by atoms with Crippen molar-refractivity contribution < 1.29 is 19.4 Å². The first-order valence-electron chi connectivity index (χ1n) is 12.8. The van der Waals surface area contributed by atoms with E-state index in [1.54, 1.807) is 30.2 Å². The van der Waals surface area contributed by atoms with Gasteiger partial charge in [-0.1, -0.05) is 78.5 Å². The number of anilines is 1. The van der Waals surface area contributed by atoms with Crippen molar-refractivity contribution in [2.75, 3.05) is 11.1 Å². The molecule has 3 aromatic carbocycles. The number of amides is 2. The summed E-state index contributed by atoms with van der Waals surface area (Å²) in [6.45, 7) is 0.426. The smallest absolute Gasteiger partial charge is 0.319 e. The van der Waals surface area contributed by atoms with E-state index >= 15 is 0 Å². The molecule has 8 nitrogen and oxygen atoms in total. The lowest BCUT2D eigenvalue weighted by Gasteiger charge is -2.36. The molecule has 4 aromatic rings. The number of aromatic nitrogens is 2. The molecule has 1 fully saturated rings. The van der Waals surface area contributed by atoms with Gasteiger partial charge in [0.25, 0.3) is 0 Å². The molecular weight excluding hydrogens is 512 g/mol. The lowest BCUT2D eigenvalue weighted by atomic mass is 10.0. The van der Waals surface area contributed by atoms with Gasteiger partial charge in [-0.2, -0.15) is 0 Å². The molecule has 3 N–H and O–H groups in total. The fourth-order valence-electron chi connectivity index (χ4n) is 4.27. The van der Waals surface area contributed by atoms with Crippen LogP contribution in [-0.2, 0) is 22.6 Å². The van der Waals surface area contributed by atoms with Gasteiger partial charge < -0.3 is 25.2 Å². The van der Waals surface area contributed by atoms with Gasteiger partial charge >= 0.3 is 6.03 Å². The molecule has 3 atom stereocenters. The maximum atomic E-state index is 12.5. The number of carbonyl (C=O) groups excluding carboxylic acids is 1. The number of hydrogen-bond acceptors (Lipinski definition) is 7. The van der Waals surface area contributed by atoms with Crippen LogP contribution in [0.2, 0.25) is 0 Å². The third-order valence-electron chi connectivity index (χ3n) is 6.27. The van der Waals surface area contributed by atoms with Crippen LogP contribution in [0.5, 0.6) is 0 Å². The van der Waals surface area contributed by atoms with Crippen molar-refractivity contribution in [2.45, 2.75) is 43.2 Å². The maximum absolute atomic E-state index is 12.5. The number of benzene rings is 3. The van der Waals surface area contributed by atoms with Crippen LogP contribution in [0.1, 0.15) is 41.1 Å². The van der Waals surface area contributed by atoms with Crippen LogP contribution < -0.4 is 10.6 Å². The summed E-state index contributed by atoms with van der Waals surface area (Å²) in [6, 6.07) is 26.5. The van der Waals surface area contributed by atoms with E-state index in [0.29, 0.717) is 29.6 Å². The molecule has 5 rings (SSSR count). The summed E-state index contributed by atoms with van der Waals surface area (Å²) in [6.07, 6.45) is 3.16. The number of aliphatic hydroxyl groups excluding tert-OH is 1. The molecule has 1 aliphatic heterocycles. The summed E-state index contributed by atoms with van der Waals surface area (Å²) < 4.78 is 12.8. The van der Waals surface area contributed by atoms with Gasteiger partial charge in [0.2, 0.25) is 0 Å². The molecule has 1 aliphatic rings. The number of thioether (sulfide) groups is 1. The zero-order valence-electron chi connectivity index (χ0n) is 21.3. The Balaban J connectivity index is 1.28. The molecule has 1 saturated heterocycles. The van der Waals surface area contributed by atoms with Gasteiger partial charge in [0, 0.05) is 42.4 Å². The zero-order chi connectivity index (χ0) is 26.9. The van der Waals surface area contributed by atoms with Gasteiger partial charge in [-0.3, -0.25) is 0 Å². The molecule has 2 heterocycles. The second-order valence-corrected chi connectivity index (χ2v) is 10.1. The van der Waals surface area contributed by atoms with Gasteiger partial charge in [0.1, 0.15) is 0 Å². The quantitative estimate of drug-likeness (QED) is 0.186. The number of nitrogens with one attached hydrogen (secondary N) is 2. The molecule has 0 bridgehead atoms. The van der Waals surface area contributed by atoms with Crippen LogP contribution in [0.25, 0.3) is 0 Å². The van der Waals surface area contributed by atoms with E-state index in [9.17, 15) is 9.90 Å². The summed E-state index contributed by atoms with van der Waals surface area (Å²) in [5, 5.41) is 15.9. The van der Waals surface area contributed by atoms with Crippen molar-refractivity contribution >= 4 is 23.5 Å². The van der Waals surface area contributed by atoms with Crippen LogP contribution in [0.4, 0.5) is 10.5 Å². The molecule has 0 saturated carbocycles. The Morgan fingerprint density at radius 2 is 1.69 bits per heavy atom. The van der Waals surface area contributed by atoms with Crippen LogP contribution >= 0.6 is 11.8 Å². The number of ether oxygens (including phenoxy) is 2. The van der Waals surface area contributed by atoms with E-state index < -0.39 is 6.29 Å². The number of nitrogens with zero attached hydrogens (tertiary/aromatic N) is 2. The predicted octanol–water partition coefficient (Wildman–Crippen LogP) is 5.63. The highest BCUT2D eigenvalue weighted by molar-refractivity contribution is 7.99. The van der Waals surface area contributed by atoms with Crippen molar-refractivity contribution in [3.63, 3.8) is 0 Å². The van der Waals surface area contributed by atoms with E-state index in [4.69, 9.17) is 9.47 Å². The first kappa shape index (κ1) is 26.8. The first-order chi connectivity index (χ1) is 19.2. The average Bonchev–Trinajstić information content (AvgIpc) is 3.00. The number of rotatable bonds is 9. The SMILES string of the molecule is O=C(NCc1ccccc1)Nc1cccc(C2OC(CSc3ncccn3)CC(c3ccc(CO)cc3)O2)c1. The van der Waals surface area contributed by atoms with E-state index in [1.807, 2.05) is 78.9 Å². The van der Waals surface area contributed by atoms with E-state index in [1.165, 1.54) is 0 Å². The van der Waals surface area contributed by atoms with Gasteiger partial charge in [-0.25, -0.2) is 14.8 Å². The third-order valence-corrected chi connectivity index (χ3v) is 7.28. The van der Waals surface area contributed by atoms with Crippen LogP contribution in [0, 0.1) is 0 Å². The monoisotopic (exact) mass is 542 g/mol. The number of hydrogen-bond donors (Lipinski definition) is 3. The number of carbonyl (C=O) groups is 1. The van der Waals surface area contributed by atoms with Crippen molar-refractivity contribution in [1.82, 2.24) is 15.3 Å². The molecule has 0 spiro atoms. The highest BCUT2D eigenvalue weighted by atomic mass is 32.2. The normalized spacial score (nSPS) is 18.8. The first-order valence-corrected chi connectivity index (χ1v) is 13.7. The summed E-state index contributed by atoms with van der Waals surface area (Å²) in [4.78, 5) is 21.1. The molecule has 200 valence electrons. The number of aliphatic hydroxyl groups is 1. The largest absolute Gasteiger partial charge is 0.392 e.